The minimum Gasteiger partial charge on any atom is -0.494 e. The summed E-state index contributed by atoms with van der Waals surface area (Å²) in [5.41, 5.74) is 1.13. The molecule has 0 aromatic heterocycles. The van der Waals surface area contributed by atoms with Crippen LogP contribution in [0.1, 0.15) is 55.2 Å². The normalized spacial score (nSPS) is 19.7. The molecule has 148 valence electrons. The monoisotopic (exact) mass is 386 g/mol. The molecule has 2 aromatic carbocycles. The van der Waals surface area contributed by atoms with Crippen LogP contribution in [0.3, 0.4) is 0 Å². The highest BCUT2D eigenvalue weighted by molar-refractivity contribution is 5.56. The quantitative estimate of drug-likeness (QED) is 0.513. The highest BCUT2D eigenvalue weighted by Crippen LogP contribution is 2.38. The molecule has 0 amide bonds. The van der Waals surface area contributed by atoms with Gasteiger partial charge >= 0.3 is 0 Å². The second-order valence-electron chi connectivity index (χ2n) is 7.16. The molecule has 4 heteroatoms. The second-order valence-corrected chi connectivity index (χ2v) is 7.16. The molecule has 0 heterocycles. The zero-order chi connectivity index (χ0) is 20.1. The summed E-state index contributed by atoms with van der Waals surface area (Å²) < 4.78 is 47.7. The fourth-order valence-electron chi connectivity index (χ4n) is 3.82. The van der Waals surface area contributed by atoms with Crippen LogP contribution in [0.2, 0.25) is 0 Å². The zero-order valence-corrected chi connectivity index (χ0v) is 16.1. The molecule has 1 aliphatic carbocycles. The minimum absolute atomic E-state index is 0.160. The first-order valence-corrected chi connectivity index (χ1v) is 9.74. The van der Waals surface area contributed by atoms with E-state index in [9.17, 15) is 13.2 Å². The van der Waals surface area contributed by atoms with Gasteiger partial charge in [-0.3, -0.25) is 0 Å². The lowest BCUT2D eigenvalue weighted by Gasteiger charge is -2.27. The molecule has 1 fully saturated rings. The Hall–Kier alpha value is -2.49. The van der Waals surface area contributed by atoms with Crippen molar-refractivity contribution in [2.24, 2.45) is 5.92 Å². The molecule has 0 radical (unpaired) electrons. The highest BCUT2D eigenvalue weighted by atomic mass is 19.2. The lowest BCUT2D eigenvalue weighted by Crippen LogP contribution is -2.13. The van der Waals surface area contributed by atoms with E-state index >= 15 is 0 Å². The average molecular weight is 386 g/mol. The molecule has 1 aliphatic rings. The van der Waals surface area contributed by atoms with Gasteiger partial charge in [-0.05, 0) is 56.1 Å². The Morgan fingerprint density at radius 3 is 2.32 bits per heavy atom. The Morgan fingerprint density at radius 2 is 1.68 bits per heavy atom. The highest BCUT2D eigenvalue weighted by Gasteiger charge is 2.23. The van der Waals surface area contributed by atoms with Crippen molar-refractivity contribution in [3.63, 3.8) is 0 Å². The predicted molar refractivity (Wildman–Crippen MR) is 108 cm³/mol. The third-order valence-corrected chi connectivity index (χ3v) is 5.40. The van der Waals surface area contributed by atoms with Gasteiger partial charge in [-0.15, -0.1) is 0 Å². The van der Waals surface area contributed by atoms with Crippen molar-refractivity contribution in [3.8, 4) is 5.75 Å². The van der Waals surface area contributed by atoms with Crippen LogP contribution in [-0.2, 0) is 0 Å². The maximum Gasteiger partial charge on any atom is 0.166 e. The molecule has 0 unspecified atom stereocenters. The third kappa shape index (κ3) is 4.49. The van der Waals surface area contributed by atoms with Crippen LogP contribution in [0, 0.1) is 23.4 Å². The third-order valence-electron chi connectivity index (χ3n) is 5.40. The number of hydrogen-bond donors (Lipinski definition) is 0. The summed E-state index contributed by atoms with van der Waals surface area (Å²) in [4.78, 5) is 0. The van der Waals surface area contributed by atoms with E-state index < -0.39 is 11.6 Å². The van der Waals surface area contributed by atoms with Crippen molar-refractivity contribution in [1.29, 1.82) is 0 Å². The molecule has 2 aromatic rings. The summed E-state index contributed by atoms with van der Waals surface area (Å²) in [5.74, 6) is -0.919. The summed E-state index contributed by atoms with van der Waals surface area (Å²) >= 11 is 0. The first-order chi connectivity index (χ1) is 13.5. The predicted octanol–water partition coefficient (Wildman–Crippen LogP) is 7.13. The average Bonchev–Trinajstić information content (AvgIpc) is 2.70. The zero-order valence-electron chi connectivity index (χ0n) is 16.1. The van der Waals surface area contributed by atoms with Crippen LogP contribution in [0.15, 0.2) is 43.0 Å². The van der Waals surface area contributed by atoms with Gasteiger partial charge in [0.05, 0.1) is 6.61 Å². The molecule has 0 saturated heterocycles. The summed E-state index contributed by atoms with van der Waals surface area (Å²) in [6.45, 7) is 5.86. The topological polar surface area (TPSA) is 9.23 Å². The van der Waals surface area contributed by atoms with Crippen molar-refractivity contribution >= 4 is 12.2 Å². The maximum absolute atomic E-state index is 14.4. The molecular formula is C24H25F3O. The van der Waals surface area contributed by atoms with Gasteiger partial charge in [0.2, 0.25) is 0 Å². The molecule has 1 nitrogen and oxygen atoms in total. The molecule has 28 heavy (non-hydrogen) atoms. The molecule has 0 N–H and O–H groups in total. The van der Waals surface area contributed by atoms with Gasteiger partial charge in [-0.2, -0.15) is 0 Å². The van der Waals surface area contributed by atoms with E-state index in [4.69, 9.17) is 4.74 Å². The number of allylic oxidation sites excluding steroid dienone is 1. The Morgan fingerprint density at radius 1 is 1.00 bits per heavy atom. The van der Waals surface area contributed by atoms with Crippen LogP contribution >= 0.6 is 0 Å². The second kappa shape index (κ2) is 9.13. The summed E-state index contributed by atoms with van der Waals surface area (Å²) in [7, 11) is 0. The number of ether oxygens (including phenoxy) is 1. The van der Waals surface area contributed by atoms with Gasteiger partial charge in [0.25, 0.3) is 0 Å². The largest absolute Gasteiger partial charge is 0.494 e. The first-order valence-electron chi connectivity index (χ1n) is 9.74. The van der Waals surface area contributed by atoms with Gasteiger partial charge in [-0.1, -0.05) is 43.0 Å². The lowest BCUT2D eigenvalue weighted by molar-refractivity contribution is 0.336. The van der Waals surface area contributed by atoms with Crippen LogP contribution in [0.5, 0.6) is 5.75 Å². The molecule has 0 atom stereocenters. The van der Waals surface area contributed by atoms with E-state index in [1.807, 2.05) is 25.1 Å². The van der Waals surface area contributed by atoms with Crippen molar-refractivity contribution in [3.05, 3.63) is 77.1 Å². The number of hydrogen-bond acceptors (Lipinski definition) is 1. The summed E-state index contributed by atoms with van der Waals surface area (Å²) in [6.07, 6.45) is 8.40. The van der Waals surface area contributed by atoms with E-state index in [2.05, 4.69) is 6.58 Å². The molecule has 1 saturated carbocycles. The Kier molecular flexibility index (Phi) is 6.61. The van der Waals surface area contributed by atoms with Gasteiger partial charge in [0.15, 0.2) is 11.6 Å². The Labute approximate surface area is 164 Å². The first kappa shape index (κ1) is 20.2. The smallest absolute Gasteiger partial charge is 0.166 e. The van der Waals surface area contributed by atoms with Crippen LogP contribution in [0.4, 0.5) is 13.2 Å². The Balaban J connectivity index is 1.62. The van der Waals surface area contributed by atoms with Crippen molar-refractivity contribution in [2.45, 2.75) is 38.5 Å². The van der Waals surface area contributed by atoms with Crippen LogP contribution < -0.4 is 4.74 Å². The number of benzene rings is 2. The van der Waals surface area contributed by atoms with E-state index in [-0.39, 0.29) is 28.8 Å². The fourth-order valence-corrected chi connectivity index (χ4v) is 3.82. The summed E-state index contributed by atoms with van der Waals surface area (Å²) in [5, 5.41) is 0. The maximum atomic E-state index is 14.4. The fraction of sp³-hybridized carbons (Fsp3) is 0.333. The minimum atomic E-state index is -0.869. The number of rotatable bonds is 6. The van der Waals surface area contributed by atoms with Crippen molar-refractivity contribution in [1.82, 2.24) is 0 Å². The van der Waals surface area contributed by atoms with Gasteiger partial charge in [0, 0.05) is 17.2 Å². The van der Waals surface area contributed by atoms with Gasteiger partial charge < -0.3 is 4.74 Å². The molecule has 0 spiro atoms. The SMILES string of the molecule is C=Cc1ccc(/C=C/C2CCC(c3ccc(OCC)cc3F)CC2)c(F)c1F. The van der Waals surface area contributed by atoms with E-state index in [0.29, 0.717) is 12.4 Å². The summed E-state index contributed by atoms with van der Waals surface area (Å²) in [6, 6.07) is 8.18. The van der Waals surface area contributed by atoms with Crippen LogP contribution in [-0.4, -0.2) is 6.61 Å². The van der Waals surface area contributed by atoms with Gasteiger partial charge in [0.1, 0.15) is 11.6 Å². The standard InChI is InChI=1S/C24H25F3O/c1-3-17-11-12-19(24(27)23(17)26)10-7-16-5-8-18(9-6-16)21-14-13-20(28-4-2)15-22(21)25/h3,7,10-16,18H,1,4-6,8-9H2,2H3/b10-7+. The molecule has 3 rings (SSSR count). The van der Waals surface area contributed by atoms with E-state index in [1.54, 1.807) is 12.1 Å². The molecule has 0 bridgehead atoms. The van der Waals surface area contributed by atoms with Crippen molar-refractivity contribution < 1.29 is 17.9 Å². The van der Waals surface area contributed by atoms with Gasteiger partial charge in [-0.25, -0.2) is 13.2 Å². The van der Waals surface area contributed by atoms with E-state index in [1.165, 1.54) is 18.2 Å². The molecule has 0 aliphatic heterocycles. The van der Waals surface area contributed by atoms with E-state index in [0.717, 1.165) is 31.2 Å². The lowest BCUT2D eigenvalue weighted by atomic mass is 9.78. The van der Waals surface area contributed by atoms with Crippen molar-refractivity contribution in [2.75, 3.05) is 6.61 Å². The molecular weight excluding hydrogens is 361 g/mol. The van der Waals surface area contributed by atoms with Crippen LogP contribution in [0.25, 0.3) is 12.2 Å². The Bertz CT molecular complexity index is 864. The number of halogens is 3.